The van der Waals surface area contributed by atoms with Gasteiger partial charge in [0.2, 0.25) is 0 Å². The first-order chi connectivity index (χ1) is 12.9. The number of hydrogen-bond acceptors (Lipinski definition) is 3. The molecule has 3 rings (SSSR count). The van der Waals surface area contributed by atoms with E-state index in [1.165, 1.54) is 12.1 Å². The molecule has 0 bridgehead atoms. The van der Waals surface area contributed by atoms with Crippen molar-refractivity contribution < 1.29 is 18.9 Å². The molecule has 7 nitrogen and oxygen atoms in total. The van der Waals surface area contributed by atoms with Gasteiger partial charge in [-0.3, -0.25) is 9.10 Å². The van der Waals surface area contributed by atoms with Crippen LogP contribution in [0.2, 0.25) is 0 Å². The fourth-order valence-corrected chi connectivity index (χ4v) is 3.99. The van der Waals surface area contributed by atoms with Gasteiger partial charge in [-0.2, -0.15) is 0 Å². The molecule has 0 spiro atoms. The molecule has 8 heteroatoms. The van der Waals surface area contributed by atoms with Crippen LogP contribution in [0.3, 0.4) is 0 Å². The second-order valence-corrected chi connectivity index (χ2v) is 7.89. The lowest BCUT2D eigenvalue weighted by Gasteiger charge is -2.19. The molecule has 2 N–H and O–H groups in total. The molecular weight excluding hydrogens is 366 g/mol. The first-order valence-corrected chi connectivity index (χ1v) is 9.58. The Morgan fingerprint density at radius 3 is 2.37 bits per heavy atom. The zero-order chi connectivity index (χ0) is 19.6. The number of nitrogens with zero attached hydrogens (tertiary/aromatic N) is 2. The Morgan fingerprint density at radius 1 is 1.11 bits per heavy atom. The van der Waals surface area contributed by atoms with Crippen LogP contribution in [0.4, 0.5) is 5.69 Å². The van der Waals surface area contributed by atoms with Gasteiger partial charge in [-0.15, -0.1) is 0 Å². The summed E-state index contributed by atoms with van der Waals surface area (Å²) in [5.74, 6) is -1.52. The standard InChI is InChI=1S/C19H21N3O4S/c1-13(14-6-4-3-5-7-14)20-18(23)15-10-16(19(24)25)12-17(11-15)22-9-8-21(2)27(22)26/h3-7,10-13H,8-9H2,1-2H3,(H,20,23)(H,24,25)/t13-,27?/m1/s1. The summed E-state index contributed by atoms with van der Waals surface area (Å²) in [4.78, 5) is 24.2. The van der Waals surface area contributed by atoms with Crippen molar-refractivity contribution in [2.75, 3.05) is 24.4 Å². The highest BCUT2D eigenvalue weighted by atomic mass is 32.2. The largest absolute Gasteiger partial charge is 0.478 e. The number of carboxylic acid groups (broad SMARTS) is 1. The molecule has 1 unspecified atom stereocenters. The van der Waals surface area contributed by atoms with Crippen LogP contribution in [-0.2, 0) is 11.2 Å². The molecule has 2 aromatic carbocycles. The van der Waals surface area contributed by atoms with Crippen LogP contribution >= 0.6 is 0 Å². The maximum absolute atomic E-state index is 12.7. The molecule has 2 atom stereocenters. The number of benzene rings is 2. The minimum atomic E-state index is -1.40. The average molecular weight is 387 g/mol. The van der Waals surface area contributed by atoms with Crippen LogP contribution in [0, 0.1) is 0 Å². The second kappa shape index (κ2) is 7.89. The minimum absolute atomic E-state index is 0.0171. The minimum Gasteiger partial charge on any atom is -0.478 e. The third-order valence-electron chi connectivity index (χ3n) is 4.44. The van der Waals surface area contributed by atoms with E-state index in [-0.39, 0.29) is 23.1 Å². The topological polar surface area (TPSA) is 89.9 Å². The van der Waals surface area contributed by atoms with Crippen molar-refractivity contribution in [1.82, 2.24) is 9.62 Å². The van der Waals surface area contributed by atoms with Gasteiger partial charge in [0, 0.05) is 25.7 Å². The first kappa shape index (κ1) is 19.1. The molecule has 1 fully saturated rings. The highest BCUT2D eigenvalue weighted by Crippen LogP contribution is 2.25. The van der Waals surface area contributed by atoms with E-state index in [9.17, 15) is 18.9 Å². The maximum Gasteiger partial charge on any atom is 0.335 e. The zero-order valence-electron chi connectivity index (χ0n) is 15.1. The van der Waals surface area contributed by atoms with Crippen LogP contribution in [0.1, 0.15) is 39.2 Å². The highest BCUT2D eigenvalue weighted by Gasteiger charge is 2.27. The molecule has 1 aliphatic heterocycles. The van der Waals surface area contributed by atoms with E-state index in [4.69, 9.17) is 0 Å². The van der Waals surface area contributed by atoms with Crippen molar-refractivity contribution in [3.05, 3.63) is 65.2 Å². The quantitative estimate of drug-likeness (QED) is 0.823. The number of anilines is 1. The summed E-state index contributed by atoms with van der Waals surface area (Å²) in [5, 5.41) is 12.3. The van der Waals surface area contributed by atoms with E-state index >= 15 is 0 Å². The molecule has 0 aliphatic carbocycles. The lowest BCUT2D eigenvalue weighted by atomic mass is 10.1. The summed E-state index contributed by atoms with van der Waals surface area (Å²) in [6.07, 6.45) is 0. The predicted molar refractivity (Wildman–Crippen MR) is 104 cm³/mol. The van der Waals surface area contributed by atoms with Crippen molar-refractivity contribution in [3.63, 3.8) is 0 Å². The maximum atomic E-state index is 12.7. The average Bonchev–Trinajstić information content (AvgIpc) is 3.00. The van der Waals surface area contributed by atoms with Gasteiger partial charge in [0.05, 0.1) is 17.3 Å². The van der Waals surface area contributed by atoms with Gasteiger partial charge in [-0.1, -0.05) is 30.3 Å². The van der Waals surface area contributed by atoms with Gasteiger partial charge in [-0.05, 0) is 30.7 Å². The smallest absolute Gasteiger partial charge is 0.335 e. The van der Waals surface area contributed by atoms with Gasteiger partial charge in [0.15, 0.2) is 11.2 Å². The Morgan fingerprint density at radius 2 is 1.78 bits per heavy atom. The van der Waals surface area contributed by atoms with Crippen LogP contribution in [0.5, 0.6) is 0 Å². The summed E-state index contributed by atoms with van der Waals surface area (Å²) in [6.45, 7) is 2.95. The summed E-state index contributed by atoms with van der Waals surface area (Å²) in [7, 11) is 1.73. The van der Waals surface area contributed by atoms with E-state index in [0.717, 1.165) is 5.56 Å². The van der Waals surface area contributed by atoms with Crippen molar-refractivity contribution in [2.24, 2.45) is 0 Å². The van der Waals surface area contributed by atoms with Crippen molar-refractivity contribution in [2.45, 2.75) is 13.0 Å². The molecule has 1 amide bonds. The fourth-order valence-electron chi connectivity index (χ4n) is 2.89. The summed E-state index contributed by atoms with van der Waals surface area (Å²) in [5.41, 5.74) is 1.61. The SMILES string of the molecule is C[C@@H](NC(=O)c1cc(C(=O)O)cc(N2CCN(C)S2=O)c1)c1ccccc1. The molecule has 0 aromatic heterocycles. The van der Waals surface area contributed by atoms with E-state index in [1.807, 2.05) is 37.3 Å². The number of nitrogens with one attached hydrogen (secondary N) is 1. The Kier molecular flexibility index (Phi) is 5.57. The molecular formula is C19H21N3O4S. The van der Waals surface area contributed by atoms with Gasteiger partial charge in [0.1, 0.15) is 0 Å². The Bertz CT molecular complexity index is 888. The zero-order valence-corrected chi connectivity index (χ0v) is 15.9. The van der Waals surface area contributed by atoms with Crippen LogP contribution in [-0.4, -0.2) is 45.6 Å². The third kappa shape index (κ3) is 4.17. The Labute approximate surface area is 160 Å². The van der Waals surface area contributed by atoms with E-state index in [1.54, 1.807) is 21.7 Å². The number of hydrogen-bond donors (Lipinski definition) is 2. The molecule has 2 aromatic rings. The summed E-state index contributed by atoms with van der Waals surface area (Å²) >= 11 is -1.40. The number of carboxylic acids is 1. The van der Waals surface area contributed by atoms with Crippen LogP contribution < -0.4 is 9.62 Å². The number of carbonyl (C=O) groups excluding carboxylic acids is 1. The number of likely N-dealkylation sites (N-methyl/N-ethyl adjacent to an activating group) is 1. The first-order valence-electron chi connectivity index (χ1n) is 8.51. The molecule has 0 radical (unpaired) electrons. The van der Waals surface area contributed by atoms with Crippen molar-refractivity contribution in [3.8, 4) is 0 Å². The number of aromatic carboxylic acids is 1. The van der Waals surface area contributed by atoms with E-state index in [2.05, 4.69) is 5.32 Å². The van der Waals surface area contributed by atoms with Crippen molar-refractivity contribution >= 4 is 28.7 Å². The predicted octanol–water partition coefficient (Wildman–Crippen LogP) is 2.21. The van der Waals surface area contributed by atoms with Gasteiger partial charge < -0.3 is 10.4 Å². The van der Waals surface area contributed by atoms with Gasteiger partial charge >= 0.3 is 5.97 Å². The number of amides is 1. The third-order valence-corrected chi connectivity index (χ3v) is 5.92. The lowest BCUT2D eigenvalue weighted by molar-refractivity contribution is 0.0697. The highest BCUT2D eigenvalue weighted by molar-refractivity contribution is 7.84. The molecule has 142 valence electrons. The molecule has 1 saturated heterocycles. The van der Waals surface area contributed by atoms with Crippen LogP contribution in [0.15, 0.2) is 48.5 Å². The molecule has 0 saturated carbocycles. The van der Waals surface area contributed by atoms with Crippen LogP contribution in [0.25, 0.3) is 0 Å². The second-order valence-electron chi connectivity index (χ2n) is 6.36. The summed E-state index contributed by atoms with van der Waals surface area (Å²) < 4.78 is 15.6. The summed E-state index contributed by atoms with van der Waals surface area (Å²) in [6, 6.07) is 13.6. The van der Waals surface area contributed by atoms with Gasteiger partial charge in [0.25, 0.3) is 5.91 Å². The van der Waals surface area contributed by atoms with E-state index in [0.29, 0.717) is 18.8 Å². The van der Waals surface area contributed by atoms with Crippen molar-refractivity contribution in [1.29, 1.82) is 0 Å². The number of rotatable bonds is 5. The van der Waals surface area contributed by atoms with Gasteiger partial charge in [-0.25, -0.2) is 13.3 Å². The Balaban J connectivity index is 1.89. The monoisotopic (exact) mass is 387 g/mol. The normalized spacial score (nSPS) is 18.3. The fraction of sp³-hybridized carbons (Fsp3) is 0.263. The Hall–Kier alpha value is -2.71. The lowest BCUT2D eigenvalue weighted by Crippen LogP contribution is -2.28. The van der Waals surface area contributed by atoms with E-state index < -0.39 is 17.1 Å². The number of carbonyl (C=O) groups is 2. The molecule has 27 heavy (non-hydrogen) atoms. The molecule has 1 aliphatic rings. The molecule has 1 heterocycles.